The first kappa shape index (κ1) is 14.8. The van der Waals surface area contributed by atoms with E-state index in [9.17, 15) is 9.59 Å². The molecule has 1 aromatic rings. The van der Waals surface area contributed by atoms with Gasteiger partial charge in [0.15, 0.2) is 0 Å². The molecule has 2 aliphatic rings. The number of nitrogens with zero attached hydrogens (tertiary/aromatic N) is 2. The van der Waals surface area contributed by atoms with Crippen molar-refractivity contribution in [3.8, 4) is 5.75 Å². The van der Waals surface area contributed by atoms with Crippen molar-refractivity contribution in [3.05, 3.63) is 24.3 Å². The lowest BCUT2D eigenvalue weighted by atomic mass is 10.2. The van der Waals surface area contributed by atoms with E-state index in [1.54, 1.807) is 4.90 Å². The van der Waals surface area contributed by atoms with Gasteiger partial charge < -0.3 is 14.4 Å². The third-order valence-corrected chi connectivity index (χ3v) is 4.01. The highest BCUT2D eigenvalue weighted by atomic mass is 16.5. The highest BCUT2D eigenvalue weighted by Crippen LogP contribution is 2.31. The Hall–Kier alpha value is -2.08. The van der Waals surface area contributed by atoms with Gasteiger partial charge in [0.05, 0.1) is 38.0 Å². The van der Waals surface area contributed by atoms with Gasteiger partial charge in [0.2, 0.25) is 11.8 Å². The van der Waals surface area contributed by atoms with Gasteiger partial charge in [0.25, 0.3) is 0 Å². The molecule has 0 spiro atoms. The molecule has 0 radical (unpaired) electrons. The summed E-state index contributed by atoms with van der Waals surface area (Å²) < 4.78 is 10.9. The molecular weight excluding hydrogens is 284 g/mol. The molecule has 118 valence electrons. The Morgan fingerprint density at radius 2 is 2.14 bits per heavy atom. The highest BCUT2D eigenvalue weighted by Gasteiger charge is 2.29. The van der Waals surface area contributed by atoms with Crippen LogP contribution in [-0.4, -0.2) is 55.7 Å². The molecule has 0 aromatic heterocycles. The molecule has 22 heavy (non-hydrogen) atoms. The van der Waals surface area contributed by atoms with Crippen LogP contribution in [0.2, 0.25) is 0 Å². The lowest BCUT2D eigenvalue weighted by molar-refractivity contribution is -0.138. The molecule has 1 fully saturated rings. The second kappa shape index (κ2) is 6.36. The van der Waals surface area contributed by atoms with Crippen LogP contribution in [0.1, 0.15) is 13.3 Å². The molecule has 3 rings (SSSR count). The number of para-hydroxylation sites is 2. The molecule has 0 N–H and O–H groups in total. The van der Waals surface area contributed by atoms with Gasteiger partial charge in [-0.1, -0.05) is 12.1 Å². The Morgan fingerprint density at radius 1 is 1.32 bits per heavy atom. The smallest absolute Gasteiger partial charge is 0.243 e. The fourth-order valence-electron chi connectivity index (χ4n) is 2.82. The van der Waals surface area contributed by atoms with Gasteiger partial charge in [-0.05, 0) is 19.1 Å². The minimum Gasteiger partial charge on any atom is -0.491 e. The van der Waals surface area contributed by atoms with Gasteiger partial charge in [0, 0.05) is 6.54 Å². The summed E-state index contributed by atoms with van der Waals surface area (Å²) in [4.78, 5) is 28.2. The van der Waals surface area contributed by atoms with Crippen molar-refractivity contribution in [2.24, 2.45) is 0 Å². The van der Waals surface area contributed by atoms with E-state index in [0.717, 1.165) is 0 Å². The zero-order chi connectivity index (χ0) is 15.5. The van der Waals surface area contributed by atoms with Crippen LogP contribution >= 0.6 is 0 Å². The van der Waals surface area contributed by atoms with Gasteiger partial charge in [0.1, 0.15) is 12.3 Å². The number of rotatable bonds is 2. The highest BCUT2D eigenvalue weighted by molar-refractivity contribution is 6.00. The lowest BCUT2D eigenvalue weighted by Gasteiger charge is -2.34. The summed E-state index contributed by atoms with van der Waals surface area (Å²) >= 11 is 0. The molecule has 0 saturated carbocycles. The van der Waals surface area contributed by atoms with Crippen LogP contribution in [0.5, 0.6) is 5.75 Å². The van der Waals surface area contributed by atoms with Crippen LogP contribution < -0.4 is 9.64 Å². The number of fused-ring (bicyclic) bond motifs is 1. The van der Waals surface area contributed by atoms with Gasteiger partial charge >= 0.3 is 0 Å². The largest absolute Gasteiger partial charge is 0.491 e. The zero-order valence-electron chi connectivity index (χ0n) is 12.7. The molecule has 6 heteroatoms. The quantitative estimate of drug-likeness (QED) is 0.819. The maximum absolute atomic E-state index is 12.6. The first-order chi connectivity index (χ1) is 10.7. The van der Waals surface area contributed by atoms with Crippen LogP contribution in [0.25, 0.3) is 0 Å². The Labute approximate surface area is 129 Å². The van der Waals surface area contributed by atoms with Crippen molar-refractivity contribution in [2.75, 3.05) is 37.8 Å². The summed E-state index contributed by atoms with van der Waals surface area (Å²) in [6, 6.07) is 7.38. The fourth-order valence-corrected chi connectivity index (χ4v) is 2.82. The summed E-state index contributed by atoms with van der Waals surface area (Å²) in [7, 11) is 0. The fraction of sp³-hybridized carbons (Fsp3) is 0.500. The number of carbonyl (C=O) groups is 2. The molecule has 2 amide bonds. The predicted octanol–water partition coefficient (Wildman–Crippen LogP) is 1.05. The van der Waals surface area contributed by atoms with Gasteiger partial charge in [-0.2, -0.15) is 0 Å². The minimum absolute atomic E-state index is 0.0369. The van der Waals surface area contributed by atoms with Gasteiger partial charge in [-0.25, -0.2) is 0 Å². The van der Waals surface area contributed by atoms with E-state index in [1.165, 1.54) is 4.90 Å². The maximum atomic E-state index is 12.6. The van der Waals surface area contributed by atoms with E-state index in [2.05, 4.69) is 0 Å². The molecule has 0 aliphatic carbocycles. The van der Waals surface area contributed by atoms with E-state index in [1.807, 2.05) is 31.2 Å². The van der Waals surface area contributed by atoms with Gasteiger partial charge in [-0.15, -0.1) is 0 Å². The zero-order valence-corrected chi connectivity index (χ0v) is 12.7. The van der Waals surface area contributed by atoms with Crippen molar-refractivity contribution < 1.29 is 19.1 Å². The molecule has 1 aromatic carbocycles. The molecule has 2 heterocycles. The third-order valence-electron chi connectivity index (χ3n) is 4.01. The van der Waals surface area contributed by atoms with Crippen molar-refractivity contribution in [1.82, 2.24) is 4.90 Å². The van der Waals surface area contributed by atoms with E-state index in [4.69, 9.17) is 9.47 Å². The van der Waals surface area contributed by atoms with E-state index < -0.39 is 0 Å². The molecule has 0 bridgehead atoms. The number of hydrogen-bond donors (Lipinski definition) is 0. The summed E-state index contributed by atoms with van der Waals surface area (Å²) in [5, 5.41) is 0. The maximum Gasteiger partial charge on any atom is 0.243 e. The molecule has 1 atom stereocenters. The Balaban J connectivity index is 1.80. The molecular formula is C16H20N2O4. The van der Waals surface area contributed by atoms with E-state index in [0.29, 0.717) is 37.8 Å². The lowest BCUT2D eigenvalue weighted by Crippen LogP contribution is -2.51. The van der Waals surface area contributed by atoms with Crippen molar-refractivity contribution >= 4 is 17.5 Å². The third kappa shape index (κ3) is 2.92. The van der Waals surface area contributed by atoms with Crippen LogP contribution in [0.4, 0.5) is 5.69 Å². The normalized spacial score (nSPS) is 21.9. The predicted molar refractivity (Wildman–Crippen MR) is 80.9 cm³/mol. The number of hydrogen-bond acceptors (Lipinski definition) is 4. The molecule has 6 nitrogen and oxygen atoms in total. The Kier molecular flexibility index (Phi) is 4.29. The standard InChI is InChI=1S/C16H20N2O4/c1-12-11-21-9-7-17(12)16(20)10-18-13-4-2-3-5-14(13)22-8-6-15(18)19/h2-5,12H,6-11H2,1H3/t12-/m1/s1. The number of carbonyl (C=O) groups excluding carboxylic acids is 2. The number of amides is 2. The van der Waals surface area contributed by atoms with Crippen LogP contribution in [0, 0.1) is 0 Å². The summed E-state index contributed by atoms with van der Waals surface area (Å²) in [5.74, 6) is 0.510. The number of ether oxygens (including phenoxy) is 2. The van der Waals surface area contributed by atoms with Crippen LogP contribution in [0.15, 0.2) is 24.3 Å². The molecule has 2 aliphatic heterocycles. The van der Waals surface area contributed by atoms with Crippen molar-refractivity contribution in [1.29, 1.82) is 0 Å². The minimum atomic E-state index is -0.0841. The second-order valence-corrected chi connectivity index (χ2v) is 5.56. The van der Waals surface area contributed by atoms with E-state index >= 15 is 0 Å². The Bertz CT molecular complexity index is 575. The average molecular weight is 304 g/mol. The number of morpholine rings is 1. The molecule has 0 unspecified atom stereocenters. The first-order valence-electron chi connectivity index (χ1n) is 7.56. The summed E-state index contributed by atoms with van der Waals surface area (Å²) in [5.41, 5.74) is 0.666. The van der Waals surface area contributed by atoms with E-state index in [-0.39, 0.29) is 30.8 Å². The monoisotopic (exact) mass is 304 g/mol. The summed E-state index contributed by atoms with van der Waals surface area (Å²) in [6.07, 6.45) is 0.278. The van der Waals surface area contributed by atoms with Gasteiger partial charge in [-0.3, -0.25) is 14.5 Å². The number of anilines is 1. The van der Waals surface area contributed by atoms with Crippen molar-refractivity contribution in [2.45, 2.75) is 19.4 Å². The first-order valence-corrected chi connectivity index (χ1v) is 7.56. The molecule has 1 saturated heterocycles. The van der Waals surface area contributed by atoms with Crippen LogP contribution in [0.3, 0.4) is 0 Å². The topological polar surface area (TPSA) is 59.1 Å². The Morgan fingerprint density at radius 3 is 2.95 bits per heavy atom. The number of benzene rings is 1. The average Bonchev–Trinajstić information content (AvgIpc) is 2.68. The van der Waals surface area contributed by atoms with Crippen LogP contribution in [-0.2, 0) is 14.3 Å². The second-order valence-electron chi connectivity index (χ2n) is 5.56. The SMILES string of the molecule is C[C@@H]1COCCN1C(=O)CN1C(=O)CCOc2ccccc21. The van der Waals surface area contributed by atoms with Crippen molar-refractivity contribution in [3.63, 3.8) is 0 Å². The summed E-state index contributed by atoms with van der Waals surface area (Å²) in [6.45, 7) is 4.00.